The first-order valence-electron chi connectivity index (χ1n) is 6.20. The number of benzene rings is 2. The molecule has 0 saturated heterocycles. The summed E-state index contributed by atoms with van der Waals surface area (Å²) in [5.41, 5.74) is 10.1. The second-order valence-electron chi connectivity index (χ2n) is 5.02. The predicted octanol–water partition coefficient (Wildman–Crippen LogP) is 4.27. The average Bonchev–Trinajstić information content (AvgIpc) is 2.32. The molecule has 18 heavy (non-hydrogen) atoms. The van der Waals surface area contributed by atoms with Crippen LogP contribution in [0.5, 0.6) is 0 Å². The fourth-order valence-electron chi connectivity index (χ4n) is 2.04. The van der Waals surface area contributed by atoms with Gasteiger partial charge in [0.1, 0.15) is 5.82 Å². The van der Waals surface area contributed by atoms with E-state index in [2.05, 4.69) is 19.9 Å². The molecule has 1 nitrogen and oxygen atoms in total. The topological polar surface area (TPSA) is 26.0 Å². The zero-order chi connectivity index (χ0) is 13.1. The van der Waals surface area contributed by atoms with Gasteiger partial charge >= 0.3 is 0 Å². The van der Waals surface area contributed by atoms with Crippen molar-refractivity contribution in [3.8, 4) is 11.1 Å². The van der Waals surface area contributed by atoms with Crippen molar-refractivity contribution in [3.63, 3.8) is 0 Å². The molecule has 0 radical (unpaired) electrons. The van der Waals surface area contributed by atoms with E-state index in [1.165, 1.54) is 12.1 Å². The van der Waals surface area contributed by atoms with Crippen LogP contribution in [0.15, 0.2) is 42.5 Å². The maximum absolute atomic E-state index is 12.9. The molecule has 0 saturated carbocycles. The quantitative estimate of drug-likeness (QED) is 0.800. The second kappa shape index (κ2) is 5.21. The van der Waals surface area contributed by atoms with E-state index in [1.54, 1.807) is 12.1 Å². The number of hydrogen-bond acceptors (Lipinski definition) is 1. The molecular formula is C16H18FN. The summed E-state index contributed by atoms with van der Waals surface area (Å²) in [5, 5.41) is 0. The smallest absolute Gasteiger partial charge is 0.123 e. The van der Waals surface area contributed by atoms with Crippen LogP contribution in [-0.2, 0) is 6.42 Å². The molecule has 2 N–H and O–H groups in total. The van der Waals surface area contributed by atoms with Crippen LogP contribution in [0.3, 0.4) is 0 Å². The van der Waals surface area contributed by atoms with E-state index in [9.17, 15) is 4.39 Å². The number of hydrogen-bond donors (Lipinski definition) is 1. The molecule has 0 aliphatic heterocycles. The minimum absolute atomic E-state index is 0.211. The highest BCUT2D eigenvalue weighted by Crippen LogP contribution is 2.25. The van der Waals surface area contributed by atoms with Crippen molar-refractivity contribution in [3.05, 3.63) is 53.8 Å². The van der Waals surface area contributed by atoms with E-state index in [4.69, 9.17) is 5.73 Å². The minimum Gasteiger partial charge on any atom is -0.399 e. The summed E-state index contributed by atoms with van der Waals surface area (Å²) in [7, 11) is 0. The van der Waals surface area contributed by atoms with Crippen molar-refractivity contribution in [1.29, 1.82) is 0 Å². The van der Waals surface area contributed by atoms with Gasteiger partial charge < -0.3 is 5.73 Å². The molecule has 2 heteroatoms. The Labute approximate surface area is 107 Å². The summed E-state index contributed by atoms with van der Waals surface area (Å²) in [6.45, 7) is 4.34. The third-order valence-corrected chi connectivity index (χ3v) is 2.95. The molecule has 0 spiro atoms. The molecule has 0 unspecified atom stereocenters. The second-order valence-corrected chi connectivity index (χ2v) is 5.02. The fourth-order valence-corrected chi connectivity index (χ4v) is 2.04. The SMILES string of the molecule is CC(C)Cc1cc(-c2ccc(F)cc2)ccc1N. The molecule has 0 aliphatic rings. The van der Waals surface area contributed by atoms with Crippen LogP contribution < -0.4 is 5.73 Å². The van der Waals surface area contributed by atoms with E-state index in [0.29, 0.717) is 5.92 Å². The zero-order valence-electron chi connectivity index (χ0n) is 10.8. The number of anilines is 1. The molecule has 0 bridgehead atoms. The van der Waals surface area contributed by atoms with Crippen molar-refractivity contribution in [2.75, 3.05) is 5.73 Å². The monoisotopic (exact) mass is 243 g/mol. The Kier molecular flexibility index (Phi) is 3.66. The predicted molar refractivity (Wildman–Crippen MR) is 74.8 cm³/mol. The highest BCUT2D eigenvalue weighted by molar-refractivity contribution is 5.67. The standard InChI is InChI=1S/C16H18FN/c1-11(2)9-14-10-13(5-8-16(14)18)12-3-6-15(17)7-4-12/h3-8,10-11H,9,18H2,1-2H3. The molecule has 2 aromatic carbocycles. The van der Waals surface area contributed by atoms with E-state index in [0.717, 1.165) is 28.8 Å². The summed E-state index contributed by atoms with van der Waals surface area (Å²) < 4.78 is 12.9. The third-order valence-electron chi connectivity index (χ3n) is 2.95. The normalized spacial score (nSPS) is 10.9. The van der Waals surface area contributed by atoms with Gasteiger partial charge in [0, 0.05) is 5.69 Å². The van der Waals surface area contributed by atoms with Crippen molar-refractivity contribution in [2.24, 2.45) is 5.92 Å². The Morgan fingerprint density at radius 2 is 1.61 bits per heavy atom. The van der Waals surface area contributed by atoms with Crippen LogP contribution in [0.25, 0.3) is 11.1 Å². The van der Waals surface area contributed by atoms with Gasteiger partial charge in [0.25, 0.3) is 0 Å². The highest BCUT2D eigenvalue weighted by Gasteiger charge is 2.05. The largest absolute Gasteiger partial charge is 0.399 e. The summed E-state index contributed by atoms with van der Waals surface area (Å²) in [6.07, 6.45) is 0.959. The maximum atomic E-state index is 12.9. The summed E-state index contributed by atoms with van der Waals surface area (Å²) in [5.74, 6) is 0.354. The van der Waals surface area contributed by atoms with Gasteiger partial charge in [-0.05, 0) is 53.3 Å². The van der Waals surface area contributed by atoms with Crippen LogP contribution in [0.1, 0.15) is 19.4 Å². The minimum atomic E-state index is -0.211. The first kappa shape index (κ1) is 12.6. The van der Waals surface area contributed by atoms with Crippen LogP contribution in [0, 0.1) is 11.7 Å². The van der Waals surface area contributed by atoms with Gasteiger partial charge in [-0.2, -0.15) is 0 Å². The molecule has 94 valence electrons. The van der Waals surface area contributed by atoms with Crippen LogP contribution >= 0.6 is 0 Å². The van der Waals surface area contributed by atoms with Gasteiger partial charge in [-0.3, -0.25) is 0 Å². The van der Waals surface area contributed by atoms with Crippen molar-refractivity contribution in [2.45, 2.75) is 20.3 Å². The number of nitrogens with two attached hydrogens (primary N) is 1. The number of rotatable bonds is 3. The number of halogens is 1. The molecule has 0 heterocycles. The Hall–Kier alpha value is -1.83. The van der Waals surface area contributed by atoms with Gasteiger partial charge in [-0.25, -0.2) is 4.39 Å². The van der Waals surface area contributed by atoms with Gasteiger partial charge in [0.15, 0.2) is 0 Å². The summed E-state index contributed by atoms with van der Waals surface area (Å²) in [4.78, 5) is 0. The molecule has 0 fully saturated rings. The average molecular weight is 243 g/mol. The van der Waals surface area contributed by atoms with Crippen molar-refractivity contribution < 1.29 is 4.39 Å². The molecule has 2 rings (SSSR count). The van der Waals surface area contributed by atoms with Crippen molar-refractivity contribution >= 4 is 5.69 Å². The van der Waals surface area contributed by atoms with Gasteiger partial charge in [0.05, 0.1) is 0 Å². The Morgan fingerprint density at radius 1 is 1.00 bits per heavy atom. The lowest BCUT2D eigenvalue weighted by atomic mass is 9.96. The molecule has 0 aromatic heterocycles. The Morgan fingerprint density at radius 3 is 2.22 bits per heavy atom. The van der Waals surface area contributed by atoms with Crippen LogP contribution in [0.2, 0.25) is 0 Å². The highest BCUT2D eigenvalue weighted by atomic mass is 19.1. The van der Waals surface area contributed by atoms with E-state index in [-0.39, 0.29) is 5.82 Å². The molecule has 0 atom stereocenters. The lowest BCUT2D eigenvalue weighted by molar-refractivity contribution is 0.628. The zero-order valence-corrected chi connectivity index (χ0v) is 10.8. The Balaban J connectivity index is 2.37. The number of nitrogen functional groups attached to an aromatic ring is 1. The van der Waals surface area contributed by atoms with Crippen LogP contribution in [-0.4, -0.2) is 0 Å². The molecular weight excluding hydrogens is 225 g/mol. The Bertz CT molecular complexity index is 529. The van der Waals surface area contributed by atoms with Gasteiger partial charge in [0.2, 0.25) is 0 Å². The third kappa shape index (κ3) is 2.89. The summed E-state index contributed by atoms with van der Waals surface area (Å²) >= 11 is 0. The fraction of sp³-hybridized carbons (Fsp3) is 0.250. The van der Waals surface area contributed by atoms with Gasteiger partial charge in [-0.1, -0.05) is 32.0 Å². The van der Waals surface area contributed by atoms with Gasteiger partial charge in [-0.15, -0.1) is 0 Å². The lowest BCUT2D eigenvalue weighted by Gasteiger charge is -2.11. The molecule has 0 amide bonds. The van der Waals surface area contributed by atoms with E-state index >= 15 is 0 Å². The van der Waals surface area contributed by atoms with Crippen LogP contribution in [0.4, 0.5) is 10.1 Å². The van der Waals surface area contributed by atoms with E-state index < -0.39 is 0 Å². The molecule has 0 aliphatic carbocycles. The lowest BCUT2D eigenvalue weighted by Crippen LogP contribution is -1.99. The molecule has 2 aromatic rings. The van der Waals surface area contributed by atoms with E-state index in [1.807, 2.05) is 12.1 Å². The first-order chi connectivity index (χ1) is 8.56. The summed E-state index contributed by atoms with van der Waals surface area (Å²) in [6, 6.07) is 12.5. The first-order valence-corrected chi connectivity index (χ1v) is 6.20. The van der Waals surface area contributed by atoms with Crippen molar-refractivity contribution in [1.82, 2.24) is 0 Å². The maximum Gasteiger partial charge on any atom is 0.123 e.